The van der Waals surface area contributed by atoms with E-state index in [1.54, 1.807) is 18.2 Å². The molecule has 0 spiro atoms. The Morgan fingerprint density at radius 2 is 2.00 bits per heavy atom. The first-order valence-corrected chi connectivity index (χ1v) is 8.62. The average molecular weight is 355 g/mol. The lowest BCUT2D eigenvalue weighted by Crippen LogP contribution is -2.25. The quantitative estimate of drug-likeness (QED) is 0.613. The topological polar surface area (TPSA) is 84.3 Å². The Morgan fingerprint density at radius 3 is 2.69 bits per heavy atom. The molecule has 0 bridgehead atoms. The Hall–Kier alpha value is -2.96. The van der Waals surface area contributed by atoms with Gasteiger partial charge in [-0.3, -0.25) is 14.9 Å². The van der Waals surface area contributed by atoms with Crippen LogP contribution in [0.1, 0.15) is 41.1 Å². The molecule has 2 atom stereocenters. The minimum absolute atomic E-state index is 0.0154. The van der Waals surface area contributed by atoms with E-state index < -0.39 is 4.92 Å². The zero-order chi connectivity index (χ0) is 18.3. The molecule has 26 heavy (non-hydrogen) atoms. The van der Waals surface area contributed by atoms with Gasteiger partial charge in [0.15, 0.2) is 0 Å². The second-order valence-electron chi connectivity index (χ2n) is 6.88. The summed E-state index contributed by atoms with van der Waals surface area (Å²) in [5, 5.41) is 17.4. The van der Waals surface area contributed by atoms with Crippen molar-refractivity contribution < 1.29 is 14.1 Å². The van der Waals surface area contributed by atoms with Gasteiger partial charge in [0.2, 0.25) is 0 Å². The number of nitro groups is 1. The van der Waals surface area contributed by atoms with E-state index in [0.29, 0.717) is 5.69 Å². The highest BCUT2D eigenvalue weighted by Crippen LogP contribution is 2.44. The van der Waals surface area contributed by atoms with Crippen LogP contribution in [0.5, 0.6) is 0 Å². The van der Waals surface area contributed by atoms with Crippen LogP contribution in [0.3, 0.4) is 0 Å². The first kappa shape index (κ1) is 16.5. The number of hydrogen-bond acceptors (Lipinski definition) is 4. The molecule has 0 aromatic heterocycles. The van der Waals surface area contributed by atoms with Crippen LogP contribution < -0.4 is 10.6 Å². The molecule has 2 N–H and O–H groups in total. The number of nitro benzene ring substituents is 1. The molecule has 2 fully saturated rings. The first-order valence-electron chi connectivity index (χ1n) is 8.62. The van der Waals surface area contributed by atoms with Crippen LogP contribution >= 0.6 is 0 Å². The number of amides is 1. The molecular weight excluding hydrogens is 337 g/mol. The third kappa shape index (κ3) is 3.51. The summed E-state index contributed by atoms with van der Waals surface area (Å²) in [5.74, 6) is -0.445. The fraction of sp³-hybridized carbons (Fsp3) is 0.316. The fourth-order valence-electron chi connectivity index (χ4n) is 3.10. The number of nitrogens with one attached hydrogen (secondary N) is 2. The maximum absolute atomic E-state index is 13.3. The van der Waals surface area contributed by atoms with Gasteiger partial charge in [-0.05, 0) is 49.1 Å². The van der Waals surface area contributed by atoms with Crippen molar-refractivity contribution in [3.8, 4) is 0 Å². The summed E-state index contributed by atoms with van der Waals surface area (Å²) in [6.45, 7) is 0. The Morgan fingerprint density at radius 1 is 1.19 bits per heavy atom. The second kappa shape index (κ2) is 6.40. The van der Waals surface area contributed by atoms with E-state index in [1.807, 2.05) is 6.07 Å². The molecule has 2 aliphatic rings. The summed E-state index contributed by atoms with van der Waals surface area (Å²) in [6.07, 6.45) is 2.69. The largest absolute Gasteiger partial charge is 0.376 e. The Balaban J connectivity index is 1.49. The smallest absolute Gasteiger partial charge is 0.293 e. The van der Waals surface area contributed by atoms with E-state index in [0.717, 1.165) is 24.8 Å². The number of hydrogen-bond donors (Lipinski definition) is 2. The van der Waals surface area contributed by atoms with E-state index in [9.17, 15) is 19.3 Å². The van der Waals surface area contributed by atoms with Gasteiger partial charge >= 0.3 is 0 Å². The van der Waals surface area contributed by atoms with Gasteiger partial charge in [-0.1, -0.05) is 12.1 Å². The highest BCUT2D eigenvalue weighted by Gasteiger charge is 2.39. The zero-order valence-corrected chi connectivity index (χ0v) is 13.9. The highest BCUT2D eigenvalue weighted by molar-refractivity contribution is 5.96. The number of halogens is 1. The molecule has 4 rings (SSSR count). The summed E-state index contributed by atoms with van der Waals surface area (Å²) in [6, 6.07) is 11.1. The van der Waals surface area contributed by atoms with Crippen LogP contribution in [0, 0.1) is 15.9 Å². The average Bonchev–Trinajstić information content (AvgIpc) is 3.52. The monoisotopic (exact) mass is 355 g/mol. The molecule has 1 amide bonds. The van der Waals surface area contributed by atoms with Crippen molar-refractivity contribution in [3.05, 3.63) is 69.5 Å². The first-order chi connectivity index (χ1) is 12.5. The van der Waals surface area contributed by atoms with Crippen molar-refractivity contribution >= 4 is 17.3 Å². The van der Waals surface area contributed by atoms with Gasteiger partial charge in [0.05, 0.1) is 4.92 Å². The Bertz CT molecular complexity index is 882. The third-order valence-corrected chi connectivity index (χ3v) is 4.78. The number of nitrogens with zero attached hydrogens (tertiary/aromatic N) is 1. The number of benzene rings is 2. The third-order valence-electron chi connectivity index (χ3n) is 4.78. The van der Waals surface area contributed by atoms with Gasteiger partial charge in [0.25, 0.3) is 11.6 Å². The number of rotatable bonds is 6. The standard InChI is InChI=1S/C19H18FN3O3/c20-13-3-1-2-11(8-13)15-10-17(15)22-16-7-4-12(9-18(16)23(25)26)19(24)21-14-5-6-14/h1-4,7-9,14-15,17,22H,5-6,10H2,(H,21,24)/t15-,17+/m0/s1. The predicted octanol–water partition coefficient (Wildman–Crippen LogP) is 3.59. The Labute approximate surface area is 149 Å². The molecule has 0 heterocycles. The summed E-state index contributed by atoms with van der Waals surface area (Å²) in [4.78, 5) is 23.0. The molecule has 2 aromatic carbocycles. The molecule has 2 aliphatic carbocycles. The Kier molecular flexibility index (Phi) is 4.06. The van der Waals surface area contributed by atoms with Gasteiger partial charge in [-0.2, -0.15) is 0 Å². The van der Waals surface area contributed by atoms with E-state index >= 15 is 0 Å². The SMILES string of the molecule is O=C(NC1CC1)c1ccc(N[C@@H]2C[C@H]2c2cccc(F)c2)c([N+](=O)[O-])c1. The van der Waals surface area contributed by atoms with Crippen molar-refractivity contribution in [3.63, 3.8) is 0 Å². The lowest BCUT2D eigenvalue weighted by atomic mass is 10.1. The van der Waals surface area contributed by atoms with E-state index in [4.69, 9.17) is 0 Å². The van der Waals surface area contributed by atoms with Crippen LogP contribution in [-0.4, -0.2) is 22.9 Å². The van der Waals surface area contributed by atoms with Crippen LogP contribution in [0.4, 0.5) is 15.8 Å². The van der Waals surface area contributed by atoms with Crippen molar-refractivity contribution in [2.75, 3.05) is 5.32 Å². The van der Waals surface area contributed by atoms with Gasteiger partial charge in [-0.25, -0.2) is 4.39 Å². The molecule has 2 saturated carbocycles. The predicted molar refractivity (Wildman–Crippen MR) is 94.8 cm³/mol. The summed E-state index contributed by atoms with van der Waals surface area (Å²) in [5.41, 5.74) is 1.41. The van der Waals surface area contributed by atoms with Gasteiger partial charge in [0.1, 0.15) is 11.5 Å². The summed E-state index contributed by atoms with van der Waals surface area (Å²) in [7, 11) is 0. The lowest BCUT2D eigenvalue weighted by molar-refractivity contribution is -0.384. The number of carbonyl (C=O) groups is 1. The van der Waals surface area contributed by atoms with Gasteiger partial charge in [-0.15, -0.1) is 0 Å². The highest BCUT2D eigenvalue weighted by atomic mass is 19.1. The van der Waals surface area contributed by atoms with Crippen LogP contribution in [0.15, 0.2) is 42.5 Å². The van der Waals surface area contributed by atoms with E-state index in [-0.39, 0.29) is 41.0 Å². The minimum atomic E-state index is -0.490. The van der Waals surface area contributed by atoms with E-state index in [2.05, 4.69) is 10.6 Å². The summed E-state index contributed by atoms with van der Waals surface area (Å²) < 4.78 is 13.3. The number of anilines is 1. The molecule has 7 heteroatoms. The lowest BCUT2D eigenvalue weighted by Gasteiger charge is -2.09. The maximum atomic E-state index is 13.3. The second-order valence-corrected chi connectivity index (χ2v) is 6.88. The summed E-state index contributed by atoms with van der Waals surface area (Å²) >= 11 is 0. The molecule has 0 aliphatic heterocycles. The maximum Gasteiger partial charge on any atom is 0.293 e. The van der Waals surface area contributed by atoms with Crippen molar-refractivity contribution in [1.82, 2.24) is 5.32 Å². The normalized spacial score (nSPS) is 21.1. The van der Waals surface area contributed by atoms with Crippen molar-refractivity contribution in [1.29, 1.82) is 0 Å². The molecular formula is C19H18FN3O3. The van der Waals surface area contributed by atoms with Gasteiger partial charge in [0, 0.05) is 29.6 Å². The molecule has 0 saturated heterocycles. The molecule has 0 radical (unpaired) electrons. The minimum Gasteiger partial charge on any atom is -0.376 e. The number of carbonyl (C=O) groups excluding carboxylic acids is 1. The van der Waals surface area contributed by atoms with Crippen LogP contribution in [0.2, 0.25) is 0 Å². The van der Waals surface area contributed by atoms with E-state index in [1.165, 1.54) is 18.2 Å². The van der Waals surface area contributed by atoms with Gasteiger partial charge < -0.3 is 10.6 Å². The molecule has 2 aromatic rings. The molecule has 134 valence electrons. The van der Waals surface area contributed by atoms with Crippen LogP contribution in [-0.2, 0) is 0 Å². The molecule has 6 nitrogen and oxygen atoms in total. The fourth-order valence-corrected chi connectivity index (χ4v) is 3.10. The zero-order valence-electron chi connectivity index (χ0n) is 13.9. The molecule has 0 unspecified atom stereocenters. The van der Waals surface area contributed by atoms with Crippen molar-refractivity contribution in [2.45, 2.75) is 37.3 Å². The van der Waals surface area contributed by atoms with Crippen LogP contribution in [0.25, 0.3) is 0 Å². The van der Waals surface area contributed by atoms with Crippen molar-refractivity contribution in [2.24, 2.45) is 0 Å².